The maximum Gasteiger partial charge on any atom is 0.209 e. The highest BCUT2D eigenvalue weighted by Crippen LogP contribution is 2.50. The van der Waals surface area contributed by atoms with Crippen molar-refractivity contribution in [3.63, 3.8) is 0 Å². The molecule has 35 heavy (non-hydrogen) atoms. The molecule has 1 aliphatic rings. The summed E-state index contributed by atoms with van der Waals surface area (Å²) >= 11 is 5.96. The van der Waals surface area contributed by atoms with Crippen LogP contribution < -0.4 is 4.74 Å². The number of aromatic nitrogens is 1. The van der Waals surface area contributed by atoms with Gasteiger partial charge in [0.15, 0.2) is 5.76 Å². The zero-order valence-electron chi connectivity index (χ0n) is 20.3. The van der Waals surface area contributed by atoms with Gasteiger partial charge in [-0.2, -0.15) is 0 Å². The first-order chi connectivity index (χ1) is 16.8. The predicted octanol–water partition coefficient (Wildman–Crippen LogP) is 6.58. The molecule has 1 aromatic heterocycles. The fraction of sp³-hybridized carbons (Fsp3) is 0.276. The summed E-state index contributed by atoms with van der Waals surface area (Å²) in [4.78, 5) is 4.76. The summed E-state index contributed by atoms with van der Waals surface area (Å²) in [6.07, 6.45) is 1.86. The SMILES string of the molecule is CC1(c2ncc(C[N+](C)(C)CCOCc3ccc(Cl)cc3)o2)c2ccccc2Oc2ccccc21. The number of quaternary nitrogens is 1. The molecule has 3 aromatic carbocycles. The zero-order chi connectivity index (χ0) is 24.5. The maximum atomic E-state index is 6.43. The lowest BCUT2D eigenvalue weighted by Crippen LogP contribution is -2.41. The summed E-state index contributed by atoms with van der Waals surface area (Å²) in [6.45, 7) is 4.94. The summed E-state index contributed by atoms with van der Waals surface area (Å²) < 4.78 is 19.2. The van der Waals surface area contributed by atoms with E-state index in [-0.39, 0.29) is 0 Å². The average Bonchev–Trinajstić information content (AvgIpc) is 3.31. The Morgan fingerprint density at radius 3 is 2.20 bits per heavy atom. The van der Waals surface area contributed by atoms with Gasteiger partial charge in [0.2, 0.25) is 5.89 Å². The number of benzene rings is 3. The van der Waals surface area contributed by atoms with Crippen molar-refractivity contribution in [3.05, 3.63) is 112 Å². The van der Waals surface area contributed by atoms with E-state index in [0.717, 1.165) is 50.0 Å². The van der Waals surface area contributed by atoms with Gasteiger partial charge >= 0.3 is 0 Å². The fourth-order valence-electron chi connectivity index (χ4n) is 4.63. The molecule has 0 saturated heterocycles. The van der Waals surface area contributed by atoms with E-state index in [9.17, 15) is 0 Å². The third kappa shape index (κ3) is 4.85. The zero-order valence-corrected chi connectivity index (χ0v) is 21.1. The highest BCUT2D eigenvalue weighted by atomic mass is 35.5. The van der Waals surface area contributed by atoms with Crippen molar-refractivity contribution in [2.24, 2.45) is 0 Å². The standard InChI is InChI=1S/C29H30ClN2O3/c1-29(24-8-4-6-10-26(24)35-27-11-7-5-9-25(27)29)28-31-18-23(34-28)19-32(2,3)16-17-33-20-21-12-14-22(30)15-13-21/h4-15,18H,16-17,19-20H2,1-3H3/q+1. The van der Waals surface area contributed by atoms with Crippen molar-refractivity contribution in [2.75, 3.05) is 27.2 Å². The minimum absolute atomic E-state index is 0.539. The largest absolute Gasteiger partial charge is 0.457 e. The third-order valence-electron chi connectivity index (χ3n) is 6.66. The first-order valence-corrected chi connectivity index (χ1v) is 12.2. The van der Waals surface area contributed by atoms with Crippen molar-refractivity contribution in [1.29, 1.82) is 0 Å². The second kappa shape index (κ2) is 9.50. The number of halogens is 1. The van der Waals surface area contributed by atoms with Crippen molar-refractivity contribution >= 4 is 11.6 Å². The molecule has 5 nitrogen and oxygen atoms in total. The van der Waals surface area contributed by atoms with Gasteiger partial charge in [0, 0.05) is 16.1 Å². The minimum Gasteiger partial charge on any atom is -0.457 e. The van der Waals surface area contributed by atoms with Crippen LogP contribution in [0.1, 0.15) is 35.3 Å². The Morgan fingerprint density at radius 1 is 0.914 bits per heavy atom. The Kier molecular flexibility index (Phi) is 6.41. The van der Waals surface area contributed by atoms with Crippen LogP contribution in [0.15, 0.2) is 83.4 Å². The molecule has 4 aromatic rings. The Balaban J connectivity index is 1.30. The van der Waals surface area contributed by atoms with Gasteiger partial charge in [0.25, 0.3) is 0 Å². The van der Waals surface area contributed by atoms with Crippen molar-refractivity contribution < 1.29 is 18.4 Å². The molecule has 0 saturated carbocycles. The number of rotatable bonds is 8. The van der Waals surface area contributed by atoms with E-state index in [2.05, 4.69) is 33.2 Å². The molecule has 0 atom stereocenters. The smallest absolute Gasteiger partial charge is 0.209 e. The van der Waals surface area contributed by atoms with Crippen LogP contribution in [0.25, 0.3) is 0 Å². The molecule has 1 aliphatic heterocycles. The first-order valence-electron chi connectivity index (χ1n) is 11.8. The lowest BCUT2D eigenvalue weighted by Gasteiger charge is -2.35. The van der Waals surface area contributed by atoms with Crippen molar-refractivity contribution in [1.82, 2.24) is 4.98 Å². The molecule has 0 aliphatic carbocycles. The molecule has 180 valence electrons. The van der Waals surface area contributed by atoms with Crippen LogP contribution in [-0.4, -0.2) is 36.7 Å². The lowest BCUT2D eigenvalue weighted by atomic mass is 9.74. The van der Waals surface area contributed by atoms with Crippen LogP contribution in [0.2, 0.25) is 5.02 Å². The van der Waals surface area contributed by atoms with E-state index >= 15 is 0 Å². The highest BCUT2D eigenvalue weighted by molar-refractivity contribution is 6.30. The fourth-order valence-corrected chi connectivity index (χ4v) is 4.75. The number of hydrogen-bond acceptors (Lipinski definition) is 4. The van der Waals surface area contributed by atoms with Crippen LogP contribution >= 0.6 is 11.6 Å². The molecule has 0 spiro atoms. The Morgan fingerprint density at radius 2 is 1.54 bits per heavy atom. The Bertz CT molecular complexity index is 1270. The molecular weight excluding hydrogens is 460 g/mol. The molecule has 0 unspecified atom stereocenters. The van der Waals surface area contributed by atoms with Gasteiger partial charge in [-0.25, -0.2) is 4.98 Å². The Hall–Kier alpha value is -3.12. The molecule has 0 bridgehead atoms. The predicted molar refractivity (Wildman–Crippen MR) is 137 cm³/mol. The molecule has 0 N–H and O–H groups in total. The van der Waals surface area contributed by atoms with Gasteiger partial charge in [0.05, 0.1) is 33.5 Å². The monoisotopic (exact) mass is 489 g/mol. The topological polar surface area (TPSA) is 44.5 Å². The summed E-state index contributed by atoms with van der Waals surface area (Å²) in [6, 6.07) is 24.0. The second-order valence-corrected chi connectivity index (χ2v) is 10.3. The quantitative estimate of drug-likeness (QED) is 0.207. The number of nitrogens with zero attached hydrogens (tertiary/aromatic N) is 2. The molecule has 5 rings (SSSR count). The molecule has 0 fully saturated rings. The van der Waals surface area contributed by atoms with E-state index in [0.29, 0.717) is 25.6 Å². The van der Waals surface area contributed by atoms with Gasteiger partial charge in [0.1, 0.15) is 30.0 Å². The van der Waals surface area contributed by atoms with Gasteiger partial charge in [-0.15, -0.1) is 0 Å². The average molecular weight is 490 g/mol. The number of para-hydroxylation sites is 2. The minimum atomic E-state index is -0.539. The first kappa shape index (κ1) is 23.6. The van der Waals surface area contributed by atoms with Crippen molar-refractivity contribution in [2.45, 2.75) is 25.5 Å². The maximum absolute atomic E-state index is 6.43. The second-order valence-electron chi connectivity index (χ2n) is 9.85. The summed E-state index contributed by atoms with van der Waals surface area (Å²) in [5, 5.41) is 0.736. The van der Waals surface area contributed by atoms with Crippen molar-refractivity contribution in [3.8, 4) is 11.5 Å². The number of fused-ring (bicyclic) bond motifs is 2. The molecule has 0 amide bonds. The molecule has 6 heteroatoms. The van der Waals surface area contributed by atoms with Crippen LogP contribution in [0.4, 0.5) is 0 Å². The van der Waals surface area contributed by atoms with Gasteiger partial charge in [-0.3, -0.25) is 0 Å². The van der Waals surface area contributed by atoms with Crippen LogP contribution in [-0.2, 0) is 23.3 Å². The number of oxazole rings is 1. The van der Waals surface area contributed by atoms with E-state index in [4.69, 9.17) is 30.5 Å². The van der Waals surface area contributed by atoms with Gasteiger partial charge in [-0.1, -0.05) is 60.1 Å². The van der Waals surface area contributed by atoms with Gasteiger partial charge < -0.3 is 18.4 Å². The van der Waals surface area contributed by atoms with Crippen LogP contribution in [0, 0.1) is 0 Å². The summed E-state index contributed by atoms with van der Waals surface area (Å²) in [5.41, 5.74) is 2.68. The lowest BCUT2D eigenvalue weighted by molar-refractivity contribution is -0.905. The highest BCUT2D eigenvalue weighted by Gasteiger charge is 2.43. The molecular formula is C29H30ClN2O3+. The number of ether oxygens (including phenoxy) is 2. The number of hydrogen-bond donors (Lipinski definition) is 0. The summed E-state index contributed by atoms with van der Waals surface area (Å²) in [7, 11) is 4.35. The molecule has 0 radical (unpaired) electrons. The van der Waals surface area contributed by atoms with E-state index in [1.165, 1.54) is 0 Å². The Labute approximate surface area is 211 Å². The normalized spacial score (nSPS) is 14.2. The van der Waals surface area contributed by atoms with E-state index in [1.807, 2.05) is 66.9 Å². The third-order valence-corrected chi connectivity index (χ3v) is 6.91. The summed E-state index contributed by atoms with van der Waals surface area (Å²) in [5.74, 6) is 3.20. The van der Waals surface area contributed by atoms with E-state index < -0.39 is 5.41 Å². The van der Waals surface area contributed by atoms with Crippen LogP contribution in [0.5, 0.6) is 11.5 Å². The van der Waals surface area contributed by atoms with E-state index in [1.54, 1.807) is 0 Å². The molecule has 2 heterocycles. The van der Waals surface area contributed by atoms with Crippen LogP contribution in [0.3, 0.4) is 0 Å². The number of likely N-dealkylation sites (N-methyl/N-ethyl adjacent to an activating group) is 1. The van der Waals surface area contributed by atoms with Gasteiger partial charge in [-0.05, 0) is 36.8 Å².